The van der Waals surface area contributed by atoms with Gasteiger partial charge in [-0.25, -0.2) is 14.2 Å². The molecule has 6 heteroatoms. The minimum atomic E-state index is -0.677. The predicted octanol–water partition coefficient (Wildman–Crippen LogP) is 4.17. The van der Waals surface area contributed by atoms with E-state index in [0.717, 1.165) is 5.56 Å². The van der Waals surface area contributed by atoms with E-state index in [4.69, 9.17) is 4.74 Å². The zero-order chi connectivity index (χ0) is 19.4. The molecule has 0 saturated carbocycles. The molecule has 0 aliphatic heterocycles. The first-order chi connectivity index (χ1) is 13.0. The van der Waals surface area contributed by atoms with Gasteiger partial charge in [0.25, 0.3) is 0 Å². The van der Waals surface area contributed by atoms with Crippen LogP contribution in [-0.2, 0) is 4.74 Å². The Labute approximate surface area is 156 Å². The number of ketones is 1. The van der Waals surface area contributed by atoms with Crippen LogP contribution >= 0.6 is 0 Å². The Morgan fingerprint density at radius 2 is 1.74 bits per heavy atom. The molecule has 0 spiro atoms. The van der Waals surface area contributed by atoms with Crippen molar-refractivity contribution in [1.82, 2.24) is 9.55 Å². The van der Waals surface area contributed by atoms with Crippen LogP contribution in [0.3, 0.4) is 0 Å². The van der Waals surface area contributed by atoms with E-state index in [9.17, 15) is 14.0 Å². The highest BCUT2D eigenvalue weighted by Crippen LogP contribution is 2.16. The summed E-state index contributed by atoms with van der Waals surface area (Å²) in [5, 5.41) is 0. The molecule has 138 valence electrons. The fourth-order valence-corrected chi connectivity index (χ4v) is 2.60. The van der Waals surface area contributed by atoms with Crippen molar-refractivity contribution in [1.29, 1.82) is 0 Å². The van der Waals surface area contributed by atoms with Crippen molar-refractivity contribution < 1.29 is 18.7 Å². The summed E-state index contributed by atoms with van der Waals surface area (Å²) < 4.78 is 19.7. The highest BCUT2D eigenvalue weighted by Gasteiger charge is 2.17. The smallest absolute Gasteiger partial charge is 0.357 e. The van der Waals surface area contributed by atoms with Crippen LogP contribution in [0.15, 0.2) is 61.1 Å². The van der Waals surface area contributed by atoms with E-state index in [1.807, 2.05) is 12.1 Å². The summed E-state index contributed by atoms with van der Waals surface area (Å²) in [5.41, 5.74) is 2.34. The van der Waals surface area contributed by atoms with Gasteiger partial charge in [-0.05, 0) is 35.7 Å². The van der Waals surface area contributed by atoms with E-state index in [0.29, 0.717) is 17.2 Å². The number of Topliss-reactive ketones (excluding diaryl/α,β-unsaturated/α-hetero) is 1. The molecule has 0 unspecified atom stereocenters. The summed E-state index contributed by atoms with van der Waals surface area (Å²) >= 11 is 0. The van der Waals surface area contributed by atoms with E-state index < -0.39 is 5.97 Å². The molecule has 0 saturated heterocycles. The lowest BCUT2D eigenvalue weighted by Crippen LogP contribution is -2.16. The molecule has 27 heavy (non-hydrogen) atoms. The van der Waals surface area contributed by atoms with Crippen molar-refractivity contribution >= 4 is 11.8 Å². The molecular formula is C21H19FN2O3. The summed E-state index contributed by atoms with van der Waals surface area (Å²) in [4.78, 5) is 28.5. The second-order valence-electron chi connectivity index (χ2n) is 6.40. The van der Waals surface area contributed by atoms with Crippen molar-refractivity contribution in [2.45, 2.75) is 19.8 Å². The van der Waals surface area contributed by atoms with Crippen molar-refractivity contribution in [2.24, 2.45) is 0 Å². The van der Waals surface area contributed by atoms with Crippen LogP contribution in [0.25, 0.3) is 5.69 Å². The Balaban J connectivity index is 1.67. The fraction of sp³-hybridized carbons (Fsp3) is 0.190. The van der Waals surface area contributed by atoms with Crippen LogP contribution in [0, 0.1) is 5.82 Å². The number of esters is 1. The predicted molar refractivity (Wildman–Crippen MR) is 98.7 cm³/mol. The third kappa shape index (κ3) is 4.28. The van der Waals surface area contributed by atoms with Gasteiger partial charge in [0.15, 0.2) is 18.1 Å². The molecule has 0 N–H and O–H groups in total. The van der Waals surface area contributed by atoms with Crippen molar-refractivity contribution in [3.63, 3.8) is 0 Å². The lowest BCUT2D eigenvalue weighted by molar-refractivity contribution is 0.0467. The van der Waals surface area contributed by atoms with Gasteiger partial charge in [0.2, 0.25) is 0 Å². The maximum absolute atomic E-state index is 13.1. The number of hydrogen-bond acceptors (Lipinski definition) is 4. The van der Waals surface area contributed by atoms with Gasteiger partial charge in [0, 0.05) is 11.3 Å². The summed E-state index contributed by atoms with van der Waals surface area (Å²) in [7, 11) is 0. The van der Waals surface area contributed by atoms with Gasteiger partial charge in [-0.3, -0.25) is 9.36 Å². The topological polar surface area (TPSA) is 61.2 Å². The average molecular weight is 366 g/mol. The first kappa shape index (κ1) is 18.5. The summed E-state index contributed by atoms with van der Waals surface area (Å²) in [6, 6.07) is 12.9. The maximum atomic E-state index is 13.1. The molecule has 1 heterocycles. The second-order valence-corrected chi connectivity index (χ2v) is 6.40. The second kappa shape index (κ2) is 7.95. The number of carbonyl (C=O) groups is 2. The van der Waals surface area contributed by atoms with Gasteiger partial charge in [0.1, 0.15) is 5.82 Å². The molecule has 0 bridgehead atoms. The minimum absolute atomic E-state index is 0.157. The van der Waals surface area contributed by atoms with Crippen LogP contribution in [0.4, 0.5) is 4.39 Å². The number of halogens is 1. The third-order valence-electron chi connectivity index (χ3n) is 4.19. The van der Waals surface area contributed by atoms with Gasteiger partial charge in [-0.2, -0.15) is 0 Å². The maximum Gasteiger partial charge on any atom is 0.357 e. The molecule has 3 rings (SSSR count). The molecule has 3 aromatic rings. The normalized spacial score (nSPS) is 10.8. The third-order valence-corrected chi connectivity index (χ3v) is 4.19. The van der Waals surface area contributed by atoms with E-state index in [-0.39, 0.29) is 23.9 Å². The SMILES string of the molecule is CC(C)c1ccc(C(=O)COC(=O)c2cncn2-c2ccc(F)cc2)cc1. The molecule has 5 nitrogen and oxygen atoms in total. The number of aromatic nitrogens is 2. The largest absolute Gasteiger partial charge is 0.453 e. The lowest BCUT2D eigenvalue weighted by Gasteiger charge is -2.09. The van der Waals surface area contributed by atoms with Crippen LogP contribution in [0.1, 0.15) is 46.2 Å². The zero-order valence-electron chi connectivity index (χ0n) is 15.1. The van der Waals surface area contributed by atoms with E-state index >= 15 is 0 Å². The Kier molecular flexibility index (Phi) is 5.45. The molecule has 0 radical (unpaired) electrons. The highest BCUT2D eigenvalue weighted by atomic mass is 19.1. The summed E-state index contributed by atoms with van der Waals surface area (Å²) in [6.45, 7) is 3.78. The molecule has 0 fully saturated rings. The van der Waals surface area contributed by atoms with Crippen LogP contribution in [-0.4, -0.2) is 27.9 Å². The Morgan fingerprint density at radius 1 is 1.07 bits per heavy atom. The molecule has 0 aliphatic carbocycles. The first-order valence-electron chi connectivity index (χ1n) is 8.54. The number of ether oxygens (including phenoxy) is 1. The molecule has 1 aromatic heterocycles. The molecule has 0 aliphatic rings. The number of hydrogen-bond donors (Lipinski definition) is 0. The standard InChI is InChI=1S/C21H19FN2O3/c1-14(2)15-3-5-16(6-4-15)20(25)12-27-21(26)19-11-23-13-24(19)18-9-7-17(22)8-10-18/h3-11,13-14H,12H2,1-2H3. The van der Waals surface area contributed by atoms with Gasteiger partial charge < -0.3 is 4.74 Å². The van der Waals surface area contributed by atoms with Gasteiger partial charge >= 0.3 is 5.97 Å². The molecule has 0 amide bonds. The minimum Gasteiger partial charge on any atom is -0.453 e. The fourth-order valence-electron chi connectivity index (χ4n) is 2.60. The van der Waals surface area contributed by atoms with E-state index in [2.05, 4.69) is 18.8 Å². The number of carbonyl (C=O) groups excluding carboxylic acids is 2. The summed E-state index contributed by atoms with van der Waals surface area (Å²) in [5.74, 6) is -0.966. The number of benzene rings is 2. The van der Waals surface area contributed by atoms with Gasteiger partial charge in [-0.15, -0.1) is 0 Å². The Morgan fingerprint density at radius 3 is 2.37 bits per heavy atom. The van der Waals surface area contributed by atoms with Crippen LogP contribution < -0.4 is 0 Å². The average Bonchev–Trinajstić information content (AvgIpc) is 3.16. The number of imidazole rings is 1. The Hall–Kier alpha value is -3.28. The summed E-state index contributed by atoms with van der Waals surface area (Å²) in [6.07, 6.45) is 2.77. The van der Waals surface area contributed by atoms with Gasteiger partial charge in [0.05, 0.1) is 12.5 Å². The van der Waals surface area contributed by atoms with Crippen molar-refractivity contribution in [3.8, 4) is 5.69 Å². The van der Waals surface area contributed by atoms with Crippen LogP contribution in [0.5, 0.6) is 0 Å². The number of nitrogens with zero attached hydrogens (tertiary/aromatic N) is 2. The van der Waals surface area contributed by atoms with Crippen LogP contribution in [0.2, 0.25) is 0 Å². The van der Waals surface area contributed by atoms with E-state index in [1.54, 1.807) is 12.1 Å². The zero-order valence-corrected chi connectivity index (χ0v) is 15.1. The number of rotatable bonds is 6. The van der Waals surface area contributed by atoms with Crippen molar-refractivity contribution in [2.75, 3.05) is 6.61 Å². The van der Waals surface area contributed by atoms with Crippen molar-refractivity contribution in [3.05, 3.63) is 83.7 Å². The highest BCUT2D eigenvalue weighted by molar-refractivity contribution is 5.99. The molecular weight excluding hydrogens is 347 g/mol. The lowest BCUT2D eigenvalue weighted by atomic mass is 10.0. The monoisotopic (exact) mass is 366 g/mol. The molecule has 2 aromatic carbocycles. The van der Waals surface area contributed by atoms with Gasteiger partial charge in [-0.1, -0.05) is 38.1 Å². The quantitative estimate of drug-likeness (QED) is 0.485. The molecule has 0 atom stereocenters. The Bertz CT molecular complexity index is 944. The van der Waals surface area contributed by atoms with E-state index in [1.165, 1.54) is 41.4 Å². The first-order valence-corrected chi connectivity index (χ1v) is 8.54.